The summed E-state index contributed by atoms with van der Waals surface area (Å²) in [7, 11) is 0. The first-order valence-electron chi connectivity index (χ1n) is 6.74. The maximum atomic E-state index is 9.38. The maximum Gasteiger partial charge on any atom is 0.140 e. The lowest BCUT2D eigenvalue weighted by Gasteiger charge is -2.11. The molecule has 2 aromatic rings. The Balaban J connectivity index is 2.09. The Kier molecular flexibility index (Phi) is 3.49. The van der Waals surface area contributed by atoms with Gasteiger partial charge in [0.05, 0.1) is 6.04 Å². The number of nitriles is 1. The largest absolute Gasteiger partial charge is 0.383 e. The molecule has 0 saturated heterocycles. The zero-order valence-electron chi connectivity index (χ0n) is 11.0. The fraction of sp³-hybridized carbons (Fsp3) is 0.333. The van der Waals surface area contributed by atoms with E-state index >= 15 is 0 Å². The van der Waals surface area contributed by atoms with E-state index in [-0.39, 0.29) is 0 Å². The molecule has 1 aromatic heterocycles. The van der Waals surface area contributed by atoms with Crippen LogP contribution in [-0.2, 0) is 0 Å². The van der Waals surface area contributed by atoms with Crippen LogP contribution in [0.5, 0.6) is 0 Å². The predicted molar refractivity (Wildman–Crippen MR) is 82.0 cm³/mol. The van der Waals surface area contributed by atoms with E-state index in [0.29, 0.717) is 23.1 Å². The Morgan fingerprint density at radius 1 is 1.25 bits per heavy atom. The van der Waals surface area contributed by atoms with Crippen LogP contribution in [0.15, 0.2) is 28.7 Å². The first-order valence-corrected chi connectivity index (χ1v) is 7.54. The van der Waals surface area contributed by atoms with Crippen LogP contribution in [0.2, 0.25) is 0 Å². The van der Waals surface area contributed by atoms with Crippen LogP contribution in [0.1, 0.15) is 37.3 Å². The average Bonchev–Trinajstić information content (AvgIpc) is 3.07. The fourth-order valence-electron chi connectivity index (χ4n) is 2.79. The van der Waals surface area contributed by atoms with Gasteiger partial charge in [0.1, 0.15) is 23.1 Å². The summed E-state index contributed by atoms with van der Waals surface area (Å²) in [6.45, 7) is 0. The van der Waals surface area contributed by atoms with Gasteiger partial charge in [0, 0.05) is 10.0 Å². The standard InChI is InChI=1S/C15H15BrN4/c16-11-7-5-10(6-8-11)14-13(9-17)15(18)20(19-14)12-3-1-2-4-12/h5-8,12H,1-4,18H2. The number of benzene rings is 1. The van der Waals surface area contributed by atoms with Gasteiger partial charge in [-0.3, -0.25) is 0 Å². The van der Waals surface area contributed by atoms with Crippen LogP contribution in [0.3, 0.4) is 0 Å². The molecule has 1 aromatic carbocycles. The third-order valence-corrected chi connectivity index (χ3v) is 4.38. The van der Waals surface area contributed by atoms with Crippen LogP contribution in [0.25, 0.3) is 11.3 Å². The highest BCUT2D eigenvalue weighted by Gasteiger charge is 2.24. The number of halogens is 1. The first-order chi connectivity index (χ1) is 9.70. The number of rotatable bonds is 2. The van der Waals surface area contributed by atoms with Crippen LogP contribution >= 0.6 is 15.9 Å². The molecular weight excluding hydrogens is 316 g/mol. The predicted octanol–water partition coefficient (Wildman–Crippen LogP) is 3.88. The van der Waals surface area contributed by atoms with Crippen molar-refractivity contribution in [3.63, 3.8) is 0 Å². The minimum atomic E-state index is 0.339. The highest BCUT2D eigenvalue weighted by Crippen LogP contribution is 2.35. The second kappa shape index (κ2) is 5.29. The molecule has 1 heterocycles. The lowest BCUT2D eigenvalue weighted by molar-refractivity contribution is 0.475. The quantitative estimate of drug-likeness (QED) is 0.908. The monoisotopic (exact) mass is 330 g/mol. The van der Waals surface area contributed by atoms with Gasteiger partial charge in [-0.05, 0) is 25.0 Å². The van der Waals surface area contributed by atoms with Crippen molar-refractivity contribution in [3.05, 3.63) is 34.3 Å². The lowest BCUT2D eigenvalue weighted by atomic mass is 10.1. The van der Waals surface area contributed by atoms with Gasteiger partial charge in [-0.15, -0.1) is 0 Å². The Morgan fingerprint density at radius 2 is 1.90 bits per heavy atom. The van der Waals surface area contributed by atoms with Gasteiger partial charge >= 0.3 is 0 Å². The van der Waals surface area contributed by atoms with E-state index in [9.17, 15) is 5.26 Å². The number of nitrogens with zero attached hydrogens (tertiary/aromatic N) is 3. The van der Waals surface area contributed by atoms with Crippen molar-refractivity contribution in [2.24, 2.45) is 0 Å². The number of aromatic nitrogens is 2. The topological polar surface area (TPSA) is 67.6 Å². The van der Waals surface area contributed by atoms with Gasteiger partial charge in [-0.2, -0.15) is 10.4 Å². The van der Waals surface area contributed by atoms with Crippen LogP contribution in [0.4, 0.5) is 5.82 Å². The zero-order valence-corrected chi connectivity index (χ0v) is 12.6. The zero-order chi connectivity index (χ0) is 14.1. The molecule has 102 valence electrons. The molecule has 5 heteroatoms. The summed E-state index contributed by atoms with van der Waals surface area (Å²) in [5.41, 5.74) is 8.22. The van der Waals surface area contributed by atoms with E-state index in [2.05, 4.69) is 27.1 Å². The number of nitrogen functional groups attached to an aromatic ring is 1. The van der Waals surface area contributed by atoms with Gasteiger partial charge in [-0.25, -0.2) is 4.68 Å². The summed E-state index contributed by atoms with van der Waals surface area (Å²) in [6.07, 6.45) is 4.60. The van der Waals surface area contributed by atoms with E-state index in [1.54, 1.807) is 0 Å². The summed E-state index contributed by atoms with van der Waals surface area (Å²) < 4.78 is 2.85. The fourth-order valence-corrected chi connectivity index (χ4v) is 3.06. The third-order valence-electron chi connectivity index (χ3n) is 3.85. The Hall–Kier alpha value is -1.80. The van der Waals surface area contributed by atoms with Crippen molar-refractivity contribution in [1.29, 1.82) is 5.26 Å². The van der Waals surface area contributed by atoms with Crippen LogP contribution < -0.4 is 5.73 Å². The molecule has 0 unspecified atom stereocenters. The van der Waals surface area contributed by atoms with Crippen molar-refractivity contribution in [2.75, 3.05) is 5.73 Å². The van der Waals surface area contributed by atoms with Crippen molar-refractivity contribution < 1.29 is 0 Å². The van der Waals surface area contributed by atoms with E-state index < -0.39 is 0 Å². The van der Waals surface area contributed by atoms with E-state index in [1.165, 1.54) is 12.8 Å². The molecule has 0 aliphatic heterocycles. The number of nitrogens with two attached hydrogens (primary N) is 1. The Morgan fingerprint density at radius 3 is 2.50 bits per heavy atom. The van der Waals surface area contributed by atoms with Gasteiger partial charge in [0.2, 0.25) is 0 Å². The number of hydrogen-bond donors (Lipinski definition) is 1. The van der Waals surface area contributed by atoms with E-state index in [4.69, 9.17) is 5.73 Å². The molecule has 20 heavy (non-hydrogen) atoms. The molecule has 1 aliphatic carbocycles. The van der Waals surface area contributed by atoms with E-state index in [1.807, 2.05) is 28.9 Å². The lowest BCUT2D eigenvalue weighted by Crippen LogP contribution is -2.10. The Bertz CT molecular complexity index is 660. The third kappa shape index (κ3) is 2.20. The molecule has 0 atom stereocenters. The Labute approximate surface area is 126 Å². The van der Waals surface area contributed by atoms with Crippen molar-refractivity contribution >= 4 is 21.7 Å². The highest BCUT2D eigenvalue weighted by molar-refractivity contribution is 9.10. The summed E-state index contributed by atoms with van der Waals surface area (Å²) >= 11 is 3.41. The summed E-state index contributed by atoms with van der Waals surface area (Å²) in [5.74, 6) is 0.498. The molecule has 4 nitrogen and oxygen atoms in total. The van der Waals surface area contributed by atoms with Crippen molar-refractivity contribution in [1.82, 2.24) is 9.78 Å². The van der Waals surface area contributed by atoms with Crippen molar-refractivity contribution in [3.8, 4) is 17.3 Å². The highest BCUT2D eigenvalue weighted by atomic mass is 79.9. The second-order valence-electron chi connectivity index (χ2n) is 5.11. The maximum absolute atomic E-state index is 9.38. The number of anilines is 1. The molecule has 1 saturated carbocycles. The molecule has 0 spiro atoms. The normalized spacial score (nSPS) is 15.4. The SMILES string of the molecule is N#Cc1c(-c2ccc(Br)cc2)nn(C2CCCC2)c1N. The molecule has 1 fully saturated rings. The van der Waals surface area contributed by atoms with Gasteiger partial charge in [0.15, 0.2) is 0 Å². The van der Waals surface area contributed by atoms with Crippen LogP contribution in [0, 0.1) is 11.3 Å². The summed E-state index contributed by atoms with van der Waals surface area (Å²) in [5, 5.41) is 14.0. The second-order valence-corrected chi connectivity index (χ2v) is 6.03. The molecular formula is C15H15BrN4. The molecule has 0 amide bonds. The van der Waals surface area contributed by atoms with Gasteiger partial charge in [-0.1, -0.05) is 40.9 Å². The average molecular weight is 331 g/mol. The summed E-state index contributed by atoms with van der Waals surface area (Å²) in [4.78, 5) is 0. The number of hydrogen-bond acceptors (Lipinski definition) is 3. The molecule has 0 bridgehead atoms. The summed E-state index contributed by atoms with van der Waals surface area (Å²) in [6, 6.07) is 10.3. The molecule has 2 N–H and O–H groups in total. The minimum Gasteiger partial charge on any atom is -0.383 e. The molecule has 1 aliphatic rings. The first kappa shape index (κ1) is 13.2. The molecule has 0 radical (unpaired) electrons. The van der Waals surface area contributed by atoms with Gasteiger partial charge < -0.3 is 5.73 Å². The molecule has 3 rings (SSSR count). The van der Waals surface area contributed by atoms with Gasteiger partial charge in [0.25, 0.3) is 0 Å². The van der Waals surface area contributed by atoms with Crippen molar-refractivity contribution in [2.45, 2.75) is 31.7 Å². The minimum absolute atomic E-state index is 0.339. The smallest absolute Gasteiger partial charge is 0.140 e. The van der Waals surface area contributed by atoms with E-state index in [0.717, 1.165) is 22.9 Å². The van der Waals surface area contributed by atoms with Crippen LogP contribution in [-0.4, -0.2) is 9.78 Å².